The predicted octanol–water partition coefficient (Wildman–Crippen LogP) is 4.52. The van der Waals surface area contributed by atoms with Gasteiger partial charge >= 0.3 is 0 Å². The summed E-state index contributed by atoms with van der Waals surface area (Å²) in [5, 5.41) is 1.19. The van der Waals surface area contributed by atoms with Crippen LogP contribution in [0.3, 0.4) is 0 Å². The number of carbonyl (C=O) groups excluding carboxylic acids is 1. The van der Waals surface area contributed by atoms with Crippen molar-refractivity contribution >= 4 is 39.6 Å². The van der Waals surface area contributed by atoms with Gasteiger partial charge in [-0.05, 0) is 30.4 Å². The van der Waals surface area contributed by atoms with Crippen LogP contribution in [0.1, 0.15) is 50.2 Å². The van der Waals surface area contributed by atoms with E-state index in [4.69, 9.17) is 5.73 Å². The molecule has 2 heterocycles. The molecule has 0 saturated carbocycles. The molecule has 1 fully saturated rings. The first kappa shape index (κ1) is 16.7. The molecule has 0 bridgehead atoms. The molecular weight excluding hydrogens is 300 g/mol. The standard InChI is InChI=1S/C16H26N2OS2/c1-10(19)13-12(17)14(20-5)15(21-13)18-8-6-11(7-9-18)16(2,3)4/h11H,6-9,17H2,1-5H3. The smallest absolute Gasteiger partial charge is 0.171 e. The van der Waals surface area contributed by atoms with Gasteiger partial charge in [0.2, 0.25) is 0 Å². The first-order valence-corrected chi connectivity index (χ1v) is 9.52. The fourth-order valence-corrected chi connectivity index (χ4v) is 5.16. The average Bonchev–Trinajstić information content (AvgIpc) is 2.75. The van der Waals surface area contributed by atoms with Crippen LogP contribution < -0.4 is 10.6 Å². The van der Waals surface area contributed by atoms with Gasteiger partial charge < -0.3 is 10.6 Å². The molecule has 0 aliphatic carbocycles. The van der Waals surface area contributed by atoms with Gasteiger partial charge in [-0.3, -0.25) is 4.79 Å². The Balaban J connectivity index is 2.21. The first-order chi connectivity index (χ1) is 9.75. The molecule has 2 N–H and O–H groups in total. The fourth-order valence-electron chi connectivity index (χ4n) is 3.03. The quantitative estimate of drug-likeness (QED) is 0.655. The maximum atomic E-state index is 11.7. The minimum atomic E-state index is 0.0728. The van der Waals surface area contributed by atoms with Crippen molar-refractivity contribution in [3.05, 3.63) is 4.88 Å². The van der Waals surface area contributed by atoms with E-state index in [0.717, 1.165) is 23.9 Å². The van der Waals surface area contributed by atoms with Crippen molar-refractivity contribution in [3.63, 3.8) is 0 Å². The van der Waals surface area contributed by atoms with Crippen molar-refractivity contribution in [3.8, 4) is 0 Å². The van der Waals surface area contributed by atoms with Gasteiger partial charge in [-0.1, -0.05) is 20.8 Å². The summed E-state index contributed by atoms with van der Waals surface area (Å²) < 4.78 is 0. The van der Waals surface area contributed by atoms with Crippen molar-refractivity contribution in [1.29, 1.82) is 0 Å². The second-order valence-corrected chi connectivity index (χ2v) is 8.68. The van der Waals surface area contributed by atoms with Crippen LogP contribution >= 0.6 is 23.1 Å². The maximum absolute atomic E-state index is 11.7. The molecule has 21 heavy (non-hydrogen) atoms. The van der Waals surface area contributed by atoms with Gasteiger partial charge in [0.1, 0.15) is 5.00 Å². The highest BCUT2D eigenvalue weighted by molar-refractivity contribution is 7.99. The molecule has 1 saturated heterocycles. The van der Waals surface area contributed by atoms with Crippen LogP contribution in [-0.4, -0.2) is 25.1 Å². The molecule has 0 aromatic carbocycles. The van der Waals surface area contributed by atoms with Crippen molar-refractivity contribution in [2.45, 2.75) is 45.4 Å². The Kier molecular flexibility index (Phi) is 4.93. The lowest BCUT2D eigenvalue weighted by Crippen LogP contribution is -2.37. The summed E-state index contributed by atoms with van der Waals surface area (Å²) in [6, 6.07) is 0. The summed E-state index contributed by atoms with van der Waals surface area (Å²) in [7, 11) is 0. The highest BCUT2D eigenvalue weighted by atomic mass is 32.2. The summed E-state index contributed by atoms with van der Waals surface area (Å²) in [5.41, 5.74) is 7.22. The summed E-state index contributed by atoms with van der Waals surface area (Å²) in [6.45, 7) is 10.7. The zero-order valence-electron chi connectivity index (χ0n) is 13.7. The molecule has 0 spiro atoms. The Labute approximate surface area is 136 Å². The number of thioether (sulfide) groups is 1. The van der Waals surface area contributed by atoms with E-state index in [0.29, 0.717) is 16.0 Å². The lowest BCUT2D eigenvalue weighted by Gasteiger charge is -2.39. The molecule has 2 rings (SSSR count). The zero-order chi connectivity index (χ0) is 15.8. The van der Waals surface area contributed by atoms with Crippen molar-refractivity contribution in [1.82, 2.24) is 0 Å². The Bertz CT molecular complexity index is 523. The first-order valence-electron chi connectivity index (χ1n) is 7.47. The Hall–Kier alpha value is -0.680. The lowest BCUT2D eigenvalue weighted by molar-refractivity contribution is 0.102. The Morgan fingerprint density at radius 3 is 2.33 bits per heavy atom. The van der Waals surface area contributed by atoms with Gasteiger partial charge in [0.15, 0.2) is 5.78 Å². The minimum Gasteiger partial charge on any atom is -0.396 e. The normalized spacial score (nSPS) is 17.3. The lowest BCUT2D eigenvalue weighted by atomic mass is 9.75. The number of nitrogen functional groups attached to an aromatic ring is 1. The third-order valence-corrected chi connectivity index (χ3v) is 6.73. The van der Waals surface area contributed by atoms with Crippen molar-refractivity contribution in [2.75, 3.05) is 30.0 Å². The van der Waals surface area contributed by atoms with Crippen LogP contribution in [0, 0.1) is 11.3 Å². The van der Waals surface area contributed by atoms with Gasteiger partial charge in [0.05, 0.1) is 15.5 Å². The number of piperidine rings is 1. The van der Waals surface area contributed by atoms with E-state index in [9.17, 15) is 4.79 Å². The monoisotopic (exact) mass is 326 g/mol. The molecule has 3 nitrogen and oxygen atoms in total. The van der Waals surface area contributed by atoms with E-state index in [1.54, 1.807) is 30.0 Å². The van der Waals surface area contributed by atoms with Crippen LogP contribution in [0.2, 0.25) is 0 Å². The largest absolute Gasteiger partial charge is 0.396 e. The van der Waals surface area contributed by atoms with Crippen molar-refractivity contribution in [2.24, 2.45) is 11.3 Å². The van der Waals surface area contributed by atoms with Crippen molar-refractivity contribution < 1.29 is 4.79 Å². The highest BCUT2D eigenvalue weighted by Gasteiger charge is 2.31. The molecule has 5 heteroatoms. The summed E-state index contributed by atoms with van der Waals surface area (Å²) >= 11 is 3.22. The van der Waals surface area contributed by atoms with E-state index in [1.807, 2.05) is 6.26 Å². The molecule has 0 atom stereocenters. The van der Waals surface area contributed by atoms with Gasteiger partial charge in [-0.15, -0.1) is 23.1 Å². The van der Waals surface area contributed by atoms with E-state index < -0.39 is 0 Å². The Morgan fingerprint density at radius 2 is 1.90 bits per heavy atom. The number of rotatable bonds is 3. The second kappa shape index (κ2) is 6.21. The van der Waals surface area contributed by atoms with Crippen LogP contribution in [0.25, 0.3) is 0 Å². The molecule has 0 radical (unpaired) electrons. The highest BCUT2D eigenvalue weighted by Crippen LogP contribution is 2.46. The summed E-state index contributed by atoms with van der Waals surface area (Å²) in [5.74, 6) is 0.847. The third kappa shape index (κ3) is 3.39. The number of thiophene rings is 1. The SMILES string of the molecule is CSc1c(N2CCC(C(C)(C)C)CC2)sc(C(C)=O)c1N. The molecule has 0 amide bonds. The Morgan fingerprint density at radius 1 is 1.33 bits per heavy atom. The number of nitrogens with zero attached hydrogens (tertiary/aromatic N) is 1. The second-order valence-electron chi connectivity index (χ2n) is 6.87. The molecule has 1 aliphatic heterocycles. The number of carbonyl (C=O) groups is 1. The number of hydrogen-bond acceptors (Lipinski definition) is 5. The zero-order valence-corrected chi connectivity index (χ0v) is 15.3. The van der Waals surface area contributed by atoms with Gasteiger partial charge in [-0.2, -0.15) is 0 Å². The molecule has 1 aliphatic rings. The molecule has 0 unspecified atom stereocenters. The number of ketones is 1. The van der Waals surface area contributed by atoms with Crippen LogP contribution in [-0.2, 0) is 0 Å². The third-order valence-electron chi connectivity index (χ3n) is 4.41. The molecule has 118 valence electrons. The van der Waals surface area contributed by atoms with Crippen LogP contribution in [0.4, 0.5) is 10.7 Å². The number of anilines is 2. The average molecular weight is 327 g/mol. The topological polar surface area (TPSA) is 46.3 Å². The van der Waals surface area contributed by atoms with Gasteiger partial charge in [0.25, 0.3) is 0 Å². The fraction of sp³-hybridized carbons (Fsp3) is 0.688. The van der Waals surface area contributed by atoms with Gasteiger partial charge in [0, 0.05) is 20.0 Å². The van der Waals surface area contributed by atoms with E-state index >= 15 is 0 Å². The number of nitrogens with two attached hydrogens (primary N) is 1. The number of Topliss-reactive ketones (excluding diaryl/α,β-unsaturated/α-hetero) is 1. The predicted molar refractivity (Wildman–Crippen MR) is 94.9 cm³/mol. The number of hydrogen-bond donors (Lipinski definition) is 1. The van der Waals surface area contributed by atoms with Crippen LogP contribution in [0.15, 0.2) is 4.90 Å². The summed E-state index contributed by atoms with van der Waals surface area (Å²) in [4.78, 5) is 15.9. The van der Waals surface area contributed by atoms with E-state index in [-0.39, 0.29) is 5.78 Å². The summed E-state index contributed by atoms with van der Waals surface area (Å²) in [6.07, 6.45) is 4.46. The molecule has 1 aromatic heterocycles. The maximum Gasteiger partial charge on any atom is 0.171 e. The minimum absolute atomic E-state index is 0.0728. The van der Waals surface area contributed by atoms with E-state index in [1.165, 1.54) is 17.8 Å². The van der Waals surface area contributed by atoms with E-state index in [2.05, 4.69) is 25.7 Å². The molecular formula is C16H26N2OS2. The van der Waals surface area contributed by atoms with Gasteiger partial charge in [-0.25, -0.2) is 0 Å². The molecule has 1 aromatic rings. The van der Waals surface area contributed by atoms with Crippen LogP contribution in [0.5, 0.6) is 0 Å².